The lowest BCUT2D eigenvalue weighted by Crippen LogP contribution is -2.52. The van der Waals surface area contributed by atoms with Crippen molar-refractivity contribution in [3.05, 3.63) is 63.7 Å². The van der Waals surface area contributed by atoms with E-state index in [1.807, 2.05) is 0 Å². The lowest BCUT2D eigenvalue weighted by molar-refractivity contribution is -0.147. The Morgan fingerprint density at radius 1 is 1.21 bits per heavy atom. The van der Waals surface area contributed by atoms with Gasteiger partial charge in [0.2, 0.25) is 11.8 Å². The summed E-state index contributed by atoms with van der Waals surface area (Å²) >= 11 is 5.73. The highest BCUT2D eigenvalue weighted by molar-refractivity contribution is 6.37. The first-order valence-corrected chi connectivity index (χ1v) is 10.6. The third kappa shape index (κ3) is 4.32. The van der Waals surface area contributed by atoms with Gasteiger partial charge in [-0.15, -0.1) is 0 Å². The molecule has 34 heavy (non-hydrogen) atoms. The average Bonchev–Trinajstić information content (AvgIpc) is 3.09. The molecule has 1 fully saturated rings. The van der Waals surface area contributed by atoms with Gasteiger partial charge >= 0.3 is 5.92 Å². The van der Waals surface area contributed by atoms with Crippen LogP contribution >= 0.6 is 11.6 Å². The number of amides is 4. The van der Waals surface area contributed by atoms with Gasteiger partial charge in [0.05, 0.1) is 0 Å². The molecule has 2 aliphatic rings. The van der Waals surface area contributed by atoms with Gasteiger partial charge < -0.3 is 10.2 Å². The minimum absolute atomic E-state index is 0.0758. The van der Waals surface area contributed by atoms with Crippen molar-refractivity contribution in [1.29, 1.82) is 0 Å². The first-order valence-electron chi connectivity index (χ1n) is 10.3. The fraction of sp³-hybridized carbons (Fsp3) is 0.273. The summed E-state index contributed by atoms with van der Waals surface area (Å²) in [7, 11) is 11.6. The number of nitrogens with one attached hydrogen (secondary N) is 2. The molecule has 2 atom stereocenters. The molecule has 0 saturated carbocycles. The van der Waals surface area contributed by atoms with E-state index in [1.54, 1.807) is 0 Å². The summed E-state index contributed by atoms with van der Waals surface area (Å²) in [6.07, 6.45) is 0.320. The topological polar surface area (TPSA) is 95.6 Å². The largest absolute Gasteiger partial charge is 0.352 e. The highest BCUT2D eigenvalue weighted by atomic mass is 35.5. The number of alkyl halides is 2. The molecule has 2 aliphatic heterocycles. The maximum absolute atomic E-state index is 14.7. The van der Waals surface area contributed by atoms with Crippen molar-refractivity contribution in [1.82, 2.24) is 15.5 Å². The maximum atomic E-state index is 14.7. The van der Waals surface area contributed by atoms with E-state index in [2.05, 4.69) is 10.6 Å². The quantitative estimate of drug-likeness (QED) is 0.492. The van der Waals surface area contributed by atoms with E-state index in [-0.39, 0.29) is 35.4 Å². The van der Waals surface area contributed by atoms with E-state index in [4.69, 9.17) is 27.3 Å². The molecular formula is C22H16B2ClF2N3O4. The Kier molecular flexibility index (Phi) is 6.24. The van der Waals surface area contributed by atoms with Crippen LogP contribution in [-0.4, -0.2) is 50.3 Å². The zero-order chi connectivity index (χ0) is 24.8. The van der Waals surface area contributed by atoms with Crippen molar-refractivity contribution in [2.75, 3.05) is 0 Å². The molecule has 2 N–H and O–H groups in total. The number of imide groups is 1. The van der Waals surface area contributed by atoms with Crippen LogP contribution in [-0.2, 0) is 26.9 Å². The highest BCUT2D eigenvalue weighted by Crippen LogP contribution is 2.31. The second kappa shape index (κ2) is 8.87. The van der Waals surface area contributed by atoms with Gasteiger partial charge in [0, 0.05) is 35.1 Å². The summed E-state index contributed by atoms with van der Waals surface area (Å²) in [6.45, 7) is 0.0758. The van der Waals surface area contributed by atoms with Crippen LogP contribution < -0.4 is 16.1 Å². The molecule has 0 aliphatic carbocycles. The van der Waals surface area contributed by atoms with E-state index in [1.165, 1.54) is 29.2 Å². The molecule has 4 amide bonds. The second-order valence-corrected chi connectivity index (χ2v) is 8.51. The van der Waals surface area contributed by atoms with Gasteiger partial charge in [-0.05, 0) is 29.7 Å². The van der Waals surface area contributed by atoms with Crippen molar-refractivity contribution in [3.8, 4) is 0 Å². The minimum atomic E-state index is -3.97. The van der Waals surface area contributed by atoms with Gasteiger partial charge in [-0.25, -0.2) is 0 Å². The SMILES string of the molecule is [B]c1cc(Cl)ccc1C(F)(F)C(=O)NC([B])c1ccc2c(c1)CN(C1CCC(=O)NC1=O)C2=O. The van der Waals surface area contributed by atoms with Gasteiger partial charge in [0.1, 0.15) is 21.7 Å². The van der Waals surface area contributed by atoms with Crippen molar-refractivity contribution in [2.24, 2.45) is 0 Å². The van der Waals surface area contributed by atoms with Gasteiger partial charge in [-0.1, -0.05) is 41.3 Å². The maximum Gasteiger partial charge on any atom is 0.349 e. The number of carbonyl (C=O) groups is 4. The van der Waals surface area contributed by atoms with Crippen LogP contribution in [0.2, 0.25) is 5.02 Å². The molecule has 4 radical (unpaired) electrons. The summed E-state index contributed by atoms with van der Waals surface area (Å²) in [5.74, 6) is -8.27. The highest BCUT2D eigenvalue weighted by Gasteiger charge is 2.43. The Hall–Kier alpha value is -3.20. The van der Waals surface area contributed by atoms with E-state index < -0.39 is 47.1 Å². The number of fused-ring (bicyclic) bond motifs is 1. The lowest BCUT2D eigenvalue weighted by atomic mass is 9.85. The van der Waals surface area contributed by atoms with Crippen LogP contribution in [0.1, 0.15) is 45.8 Å². The molecule has 0 spiro atoms. The van der Waals surface area contributed by atoms with Gasteiger partial charge in [0.25, 0.3) is 11.8 Å². The Morgan fingerprint density at radius 2 is 1.94 bits per heavy atom. The van der Waals surface area contributed by atoms with Crippen LogP contribution in [0.4, 0.5) is 8.78 Å². The molecule has 2 aromatic carbocycles. The molecular weight excluding hydrogens is 465 g/mol. The summed E-state index contributed by atoms with van der Waals surface area (Å²) in [5.41, 5.74) is 0.0774. The number of nitrogens with zero attached hydrogens (tertiary/aromatic N) is 1. The average molecular weight is 481 g/mol. The number of hydrogen-bond donors (Lipinski definition) is 2. The minimum Gasteiger partial charge on any atom is -0.352 e. The molecule has 4 rings (SSSR count). The molecule has 12 heteroatoms. The van der Waals surface area contributed by atoms with Crippen LogP contribution in [0.25, 0.3) is 0 Å². The Labute approximate surface area is 201 Å². The third-order valence-corrected chi connectivity index (χ3v) is 6.07. The predicted octanol–water partition coefficient (Wildman–Crippen LogP) is 0.970. The number of carbonyl (C=O) groups excluding carboxylic acids is 4. The molecule has 2 heterocycles. The Morgan fingerprint density at radius 3 is 2.62 bits per heavy atom. The van der Waals surface area contributed by atoms with Crippen LogP contribution in [0.5, 0.6) is 0 Å². The zero-order valence-electron chi connectivity index (χ0n) is 17.6. The van der Waals surface area contributed by atoms with Crippen LogP contribution in [0.15, 0.2) is 36.4 Å². The number of rotatable bonds is 5. The number of hydrogen-bond acceptors (Lipinski definition) is 4. The summed E-state index contributed by atoms with van der Waals surface area (Å²) < 4.78 is 29.4. The summed E-state index contributed by atoms with van der Waals surface area (Å²) in [4.78, 5) is 50.0. The van der Waals surface area contributed by atoms with E-state index in [9.17, 15) is 28.0 Å². The molecule has 170 valence electrons. The molecule has 1 saturated heterocycles. The number of halogens is 3. The summed E-state index contributed by atoms with van der Waals surface area (Å²) in [6, 6.07) is 6.89. The van der Waals surface area contributed by atoms with Crippen LogP contribution in [0.3, 0.4) is 0 Å². The zero-order valence-corrected chi connectivity index (χ0v) is 18.4. The molecule has 2 unspecified atom stereocenters. The normalized spacial score (nSPS) is 19.0. The van der Waals surface area contributed by atoms with Crippen molar-refractivity contribution < 1.29 is 28.0 Å². The first kappa shape index (κ1) is 23.9. The van der Waals surface area contributed by atoms with E-state index in [0.717, 1.165) is 12.1 Å². The fourth-order valence-electron chi connectivity index (χ4n) is 4.04. The third-order valence-electron chi connectivity index (χ3n) is 5.83. The van der Waals surface area contributed by atoms with E-state index >= 15 is 0 Å². The van der Waals surface area contributed by atoms with Gasteiger partial charge in [-0.3, -0.25) is 24.5 Å². The second-order valence-electron chi connectivity index (χ2n) is 8.07. The van der Waals surface area contributed by atoms with Crippen molar-refractivity contribution in [3.63, 3.8) is 0 Å². The van der Waals surface area contributed by atoms with Gasteiger partial charge in [-0.2, -0.15) is 8.78 Å². The number of piperidine rings is 1. The fourth-order valence-corrected chi connectivity index (χ4v) is 4.23. The monoisotopic (exact) mass is 481 g/mol. The molecule has 7 nitrogen and oxygen atoms in total. The summed E-state index contributed by atoms with van der Waals surface area (Å²) in [5, 5.41) is 4.43. The lowest BCUT2D eigenvalue weighted by Gasteiger charge is -2.29. The first-order chi connectivity index (χ1) is 16.0. The predicted molar refractivity (Wildman–Crippen MR) is 120 cm³/mol. The standard InChI is InChI=1S/C22H16B2ClF2N3O4/c23-15-8-12(25)2-4-14(15)22(26,27)21(34)29-18(24)10-1-3-13-11(7-10)9-30(20(13)33)16-5-6-17(31)28-19(16)32/h1-4,7-8,16,18H,5-6,9H2,(H,29,34)(H,28,31,32). The number of benzene rings is 2. The van der Waals surface area contributed by atoms with Gasteiger partial charge in [0.15, 0.2) is 0 Å². The van der Waals surface area contributed by atoms with Crippen LogP contribution in [0, 0.1) is 0 Å². The molecule has 0 aromatic heterocycles. The van der Waals surface area contributed by atoms with Crippen molar-refractivity contribution in [2.45, 2.75) is 37.3 Å². The smallest absolute Gasteiger partial charge is 0.349 e. The Balaban J connectivity index is 1.49. The van der Waals surface area contributed by atoms with Crippen molar-refractivity contribution >= 4 is 56.4 Å². The Bertz CT molecular complexity index is 1230. The molecule has 0 bridgehead atoms. The molecule has 2 aromatic rings. The van der Waals surface area contributed by atoms with E-state index in [0.29, 0.717) is 11.1 Å².